The summed E-state index contributed by atoms with van der Waals surface area (Å²) >= 11 is 1.99. The number of hydrogen-bond acceptors (Lipinski definition) is 3. The number of ether oxygens (including phenoxy) is 1. The highest BCUT2D eigenvalue weighted by Crippen LogP contribution is 2.13. The highest BCUT2D eigenvalue weighted by molar-refractivity contribution is 7.99. The van der Waals surface area contributed by atoms with Crippen molar-refractivity contribution in [1.29, 1.82) is 0 Å². The second-order valence-corrected chi connectivity index (χ2v) is 5.91. The van der Waals surface area contributed by atoms with Crippen LogP contribution in [0.3, 0.4) is 0 Å². The Hall–Kier alpha value is 0.270. The van der Waals surface area contributed by atoms with Crippen molar-refractivity contribution < 1.29 is 4.74 Å². The van der Waals surface area contributed by atoms with Gasteiger partial charge in [0.25, 0.3) is 0 Å². The van der Waals surface area contributed by atoms with E-state index in [-0.39, 0.29) is 0 Å². The highest BCUT2D eigenvalue weighted by Gasteiger charge is 2.09. The molecule has 0 aliphatic heterocycles. The Bertz CT molecular complexity index is 123. The van der Waals surface area contributed by atoms with Crippen LogP contribution in [0.5, 0.6) is 0 Å². The molecule has 0 aromatic heterocycles. The van der Waals surface area contributed by atoms with E-state index in [9.17, 15) is 0 Å². The average molecular weight is 219 g/mol. The Balaban J connectivity index is 2.99. The minimum atomic E-state index is 0.305. The van der Waals surface area contributed by atoms with Gasteiger partial charge in [0.1, 0.15) is 0 Å². The van der Waals surface area contributed by atoms with Crippen LogP contribution in [0.25, 0.3) is 0 Å². The van der Waals surface area contributed by atoms with Crippen molar-refractivity contribution in [3.8, 4) is 0 Å². The molecule has 0 aromatic carbocycles. The van der Waals surface area contributed by atoms with Gasteiger partial charge >= 0.3 is 0 Å². The molecule has 0 rings (SSSR count). The molecule has 0 radical (unpaired) electrons. The molecular formula is C11H25NOS. The van der Waals surface area contributed by atoms with Crippen LogP contribution in [0, 0.1) is 5.41 Å². The lowest BCUT2D eigenvalue weighted by atomic mass is 9.99. The molecule has 0 bridgehead atoms. The van der Waals surface area contributed by atoms with Crippen molar-refractivity contribution in [2.75, 3.05) is 38.3 Å². The molecule has 1 N–H and O–H groups in total. The summed E-state index contributed by atoms with van der Waals surface area (Å²) in [5.74, 6) is 2.42. The van der Waals surface area contributed by atoms with Gasteiger partial charge in [-0.3, -0.25) is 0 Å². The maximum absolute atomic E-state index is 5.58. The summed E-state index contributed by atoms with van der Waals surface area (Å²) in [6.07, 6.45) is 1.17. The molecule has 86 valence electrons. The van der Waals surface area contributed by atoms with Gasteiger partial charge in [-0.05, 0) is 24.6 Å². The van der Waals surface area contributed by atoms with Gasteiger partial charge in [0.2, 0.25) is 0 Å². The van der Waals surface area contributed by atoms with E-state index >= 15 is 0 Å². The maximum Gasteiger partial charge on any atom is 0.0514 e. The van der Waals surface area contributed by atoms with Crippen LogP contribution in [-0.4, -0.2) is 38.3 Å². The van der Waals surface area contributed by atoms with Crippen molar-refractivity contribution in [2.45, 2.75) is 27.2 Å². The lowest BCUT2D eigenvalue weighted by Crippen LogP contribution is -2.15. The molecule has 0 fully saturated rings. The zero-order chi connectivity index (χ0) is 10.9. The predicted molar refractivity (Wildman–Crippen MR) is 66.1 cm³/mol. The first-order valence-corrected chi connectivity index (χ1v) is 6.52. The Kier molecular flexibility index (Phi) is 8.73. The molecule has 3 heteroatoms. The fourth-order valence-corrected chi connectivity index (χ4v) is 1.79. The fourth-order valence-electron chi connectivity index (χ4n) is 0.918. The maximum atomic E-state index is 5.58. The summed E-state index contributed by atoms with van der Waals surface area (Å²) in [7, 11) is 1.99. The van der Waals surface area contributed by atoms with E-state index in [1.54, 1.807) is 0 Å². The summed E-state index contributed by atoms with van der Waals surface area (Å²) in [5, 5.41) is 3.14. The first kappa shape index (κ1) is 14.3. The lowest BCUT2D eigenvalue weighted by molar-refractivity contribution is 0.0722. The van der Waals surface area contributed by atoms with Crippen molar-refractivity contribution in [2.24, 2.45) is 5.41 Å². The van der Waals surface area contributed by atoms with E-state index in [4.69, 9.17) is 4.74 Å². The standard InChI is InChI=1S/C11H25NOS/c1-11(2,3)10-13-7-5-8-14-9-6-12-4/h12H,5-10H2,1-4H3. The summed E-state index contributed by atoms with van der Waals surface area (Å²) in [6, 6.07) is 0. The zero-order valence-corrected chi connectivity index (χ0v) is 10.9. The minimum Gasteiger partial charge on any atom is -0.381 e. The SMILES string of the molecule is CNCCSCCCOCC(C)(C)C. The van der Waals surface area contributed by atoms with Crippen molar-refractivity contribution >= 4 is 11.8 Å². The van der Waals surface area contributed by atoms with Crippen LogP contribution < -0.4 is 5.32 Å². The second-order valence-electron chi connectivity index (χ2n) is 4.68. The molecule has 0 saturated heterocycles. The van der Waals surface area contributed by atoms with Gasteiger partial charge < -0.3 is 10.1 Å². The van der Waals surface area contributed by atoms with E-state index in [1.165, 1.54) is 17.9 Å². The quantitative estimate of drug-likeness (QED) is 0.633. The third kappa shape index (κ3) is 12.3. The Morgan fingerprint density at radius 3 is 2.50 bits per heavy atom. The van der Waals surface area contributed by atoms with E-state index in [0.717, 1.165) is 19.8 Å². The third-order valence-corrected chi connectivity index (χ3v) is 2.68. The normalized spacial score (nSPS) is 12.0. The summed E-state index contributed by atoms with van der Waals surface area (Å²) in [5.41, 5.74) is 0.305. The second kappa shape index (κ2) is 8.57. The van der Waals surface area contributed by atoms with E-state index in [1.807, 2.05) is 18.8 Å². The number of nitrogens with one attached hydrogen (secondary N) is 1. The van der Waals surface area contributed by atoms with Gasteiger partial charge in [-0.2, -0.15) is 11.8 Å². The molecule has 0 amide bonds. The first-order chi connectivity index (χ1) is 6.56. The first-order valence-electron chi connectivity index (χ1n) is 5.36. The molecule has 0 saturated carbocycles. The van der Waals surface area contributed by atoms with Gasteiger partial charge in [-0.15, -0.1) is 0 Å². The van der Waals surface area contributed by atoms with Gasteiger partial charge in [-0.1, -0.05) is 20.8 Å². The van der Waals surface area contributed by atoms with Gasteiger partial charge in [-0.25, -0.2) is 0 Å². The molecule has 0 aromatic rings. The Labute approximate surface area is 93.2 Å². The van der Waals surface area contributed by atoms with Crippen LogP contribution in [0.4, 0.5) is 0 Å². The molecular weight excluding hydrogens is 194 g/mol. The highest BCUT2D eigenvalue weighted by atomic mass is 32.2. The van der Waals surface area contributed by atoms with Crippen LogP contribution in [-0.2, 0) is 4.74 Å². The molecule has 2 nitrogen and oxygen atoms in total. The van der Waals surface area contributed by atoms with E-state index in [0.29, 0.717) is 5.41 Å². The summed E-state index contributed by atoms with van der Waals surface area (Å²) in [4.78, 5) is 0. The van der Waals surface area contributed by atoms with Crippen molar-refractivity contribution in [3.05, 3.63) is 0 Å². The van der Waals surface area contributed by atoms with Crippen molar-refractivity contribution in [3.63, 3.8) is 0 Å². The minimum absolute atomic E-state index is 0.305. The van der Waals surface area contributed by atoms with Crippen LogP contribution in [0.2, 0.25) is 0 Å². The van der Waals surface area contributed by atoms with E-state index in [2.05, 4.69) is 26.1 Å². The zero-order valence-electron chi connectivity index (χ0n) is 10.1. The molecule has 14 heavy (non-hydrogen) atoms. The monoisotopic (exact) mass is 219 g/mol. The van der Waals surface area contributed by atoms with E-state index < -0.39 is 0 Å². The smallest absolute Gasteiger partial charge is 0.0514 e. The average Bonchev–Trinajstić information content (AvgIpc) is 2.08. The largest absolute Gasteiger partial charge is 0.381 e. The lowest BCUT2D eigenvalue weighted by Gasteiger charge is -2.17. The molecule has 0 atom stereocenters. The van der Waals surface area contributed by atoms with Crippen molar-refractivity contribution in [1.82, 2.24) is 5.32 Å². The van der Waals surface area contributed by atoms with Gasteiger partial charge in [0.05, 0.1) is 6.61 Å². The summed E-state index contributed by atoms with van der Waals surface area (Å²) < 4.78 is 5.58. The van der Waals surface area contributed by atoms with Gasteiger partial charge in [0.15, 0.2) is 0 Å². The van der Waals surface area contributed by atoms with Crippen LogP contribution in [0.15, 0.2) is 0 Å². The summed E-state index contributed by atoms with van der Waals surface area (Å²) in [6.45, 7) is 9.49. The topological polar surface area (TPSA) is 21.3 Å². The number of hydrogen-bond donors (Lipinski definition) is 1. The Morgan fingerprint density at radius 2 is 1.93 bits per heavy atom. The molecule has 0 spiro atoms. The van der Waals surface area contributed by atoms with Crippen LogP contribution >= 0.6 is 11.8 Å². The Morgan fingerprint density at radius 1 is 1.21 bits per heavy atom. The van der Waals surface area contributed by atoms with Crippen LogP contribution in [0.1, 0.15) is 27.2 Å². The molecule has 0 heterocycles. The number of thioether (sulfide) groups is 1. The molecule has 0 unspecified atom stereocenters. The fraction of sp³-hybridized carbons (Fsp3) is 1.00. The third-order valence-electron chi connectivity index (χ3n) is 1.61. The van der Waals surface area contributed by atoms with Gasteiger partial charge in [0, 0.05) is 18.9 Å². The molecule has 0 aliphatic carbocycles. The molecule has 0 aliphatic rings. The number of rotatable bonds is 8. The predicted octanol–water partition coefficient (Wildman–Crippen LogP) is 2.39.